The molecule has 0 aliphatic heterocycles. The number of nitrogens with zero attached hydrogens (tertiary/aromatic N) is 1. The lowest BCUT2D eigenvalue weighted by Crippen LogP contribution is -1.75. The SMILES string of the molecule is Clc1ccc(N=Cc2ccco2)c(Cl)c1. The molecule has 0 saturated heterocycles. The highest BCUT2D eigenvalue weighted by Gasteiger charge is 1.98. The smallest absolute Gasteiger partial charge is 0.144 e. The Morgan fingerprint density at radius 3 is 2.73 bits per heavy atom. The molecule has 0 N–H and O–H groups in total. The molecule has 0 atom stereocenters. The molecule has 0 bridgehead atoms. The Morgan fingerprint density at radius 1 is 1.20 bits per heavy atom. The third-order valence-electron chi connectivity index (χ3n) is 1.78. The van der Waals surface area contributed by atoms with E-state index in [9.17, 15) is 0 Å². The largest absolute Gasteiger partial charge is 0.463 e. The van der Waals surface area contributed by atoms with Gasteiger partial charge in [0.05, 0.1) is 23.2 Å². The molecule has 0 unspecified atom stereocenters. The molecule has 0 saturated carbocycles. The van der Waals surface area contributed by atoms with Crippen LogP contribution >= 0.6 is 23.2 Å². The van der Waals surface area contributed by atoms with E-state index in [1.807, 2.05) is 6.07 Å². The van der Waals surface area contributed by atoms with Crippen molar-refractivity contribution in [1.82, 2.24) is 0 Å². The molecule has 0 spiro atoms. The van der Waals surface area contributed by atoms with Crippen molar-refractivity contribution in [2.45, 2.75) is 0 Å². The molecule has 1 aromatic carbocycles. The molecule has 76 valence electrons. The number of hydrogen-bond donors (Lipinski definition) is 0. The fourth-order valence-electron chi connectivity index (χ4n) is 1.08. The molecule has 15 heavy (non-hydrogen) atoms. The van der Waals surface area contributed by atoms with Crippen LogP contribution in [0.15, 0.2) is 46.0 Å². The van der Waals surface area contributed by atoms with E-state index in [2.05, 4.69) is 4.99 Å². The van der Waals surface area contributed by atoms with E-state index >= 15 is 0 Å². The fourth-order valence-corrected chi connectivity index (χ4v) is 1.54. The minimum atomic E-state index is 0.519. The van der Waals surface area contributed by atoms with Gasteiger partial charge in [0.25, 0.3) is 0 Å². The van der Waals surface area contributed by atoms with E-state index in [1.54, 1.807) is 36.7 Å². The molecule has 2 rings (SSSR count). The van der Waals surface area contributed by atoms with Gasteiger partial charge in [0.15, 0.2) is 0 Å². The van der Waals surface area contributed by atoms with Gasteiger partial charge in [0.1, 0.15) is 5.76 Å². The summed E-state index contributed by atoms with van der Waals surface area (Å²) in [5, 5.41) is 1.11. The fraction of sp³-hybridized carbons (Fsp3) is 0. The number of rotatable bonds is 2. The second-order valence-electron chi connectivity index (χ2n) is 2.87. The summed E-state index contributed by atoms with van der Waals surface area (Å²) in [6, 6.07) is 8.75. The molecule has 0 aliphatic rings. The van der Waals surface area contributed by atoms with Crippen LogP contribution in [0.5, 0.6) is 0 Å². The Morgan fingerprint density at radius 2 is 2.07 bits per heavy atom. The first-order valence-corrected chi connectivity index (χ1v) is 5.04. The van der Waals surface area contributed by atoms with Crippen molar-refractivity contribution in [2.24, 2.45) is 4.99 Å². The summed E-state index contributed by atoms with van der Waals surface area (Å²) in [6.07, 6.45) is 3.19. The van der Waals surface area contributed by atoms with Gasteiger partial charge in [-0.1, -0.05) is 23.2 Å². The second kappa shape index (κ2) is 4.51. The maximum absolute atomic E-state index is 5.94. The van der Waals surface area contributed by atoms with Crippen LogP contribution in [0.4, 0.5) is 5.69 Å². The van der Waals surface area contributed by atoms with Gasteiger partial charge in [-0.15, -0.1) is 0 Å². The summed E-state index contributed by atoms with van der Waals surface area (Å²) < 4.78 is 5.10. The summed E-state index contributed by atoms with van der Waals surface area (Å²) in [4.78, 5) is 4.18. The van der Waals surface area contributed by atoms with E-state index in [0.29, 0.717) is 21.5 Å². The lowest BCUT2D eigenvalue weighted by atomic mass is 10.3. The van der Waals surface area contributed by atoms with Crippen molar-refractivity contribution in [3.05, 3.63) is 52.4 Å². The molecule has 4 heteroatoms. The summed E-state index contributed by atoms with van der Waals surface area (Å²) in [5.74, 6) is 0.681. The van der Waals surface area contributed by atoms with Crippen molar-refractivity contribution in [2.75, 3.05) is 0 Å². The highest BCUT2D eigenvalue weighted by Crippen LogP contribution is 2.27. The number of halogens is 2. The quantitative estimate of drug-likeness (QED) is 0.717. The van der Waals surface area contributed by atoms with Crippen LogP contribution in [0.3, 0.4) is 0 Å². The Kier molecular flexibility index (Phi) is 3.09. The van der Waals surface area contributed by atoms with Crippen molar-refractivity contribution in [3.8, 4) is 0 Å². The molecule has 2 nitrogen and oxygen atoms in total. The summed E-state index contributed by atoms with van der Waals surface area (Å²) >= 11 is 11.7. The number of hydrogen-bond acceptors (Lipinski definition) is 2. The summed E-state index contributed by atoms with van der Waals surface area (Å²) in [5.41, 5.74) is 0.664. The van der Waals surface area contributed by atoms with Gasteiger partial charge < -0.3 is 4.42 Å². The van der Waals surface area contributed by atoms with Crippen LogP contribution in [-0.2, 0) is 0 Å². The van der Waals surface area contributed by atoms with Crippen molar-refractivity contribution >= 4 is 35.1 Å². The van der Waals surface area contributed by atoms with Crippen molar-refractivity contribution in [1.29, 1.82) is 0 Å². The normalized spacial score (nSPS) is 11.1. The van der Waals surface area contributed by atoms with Gasteiger partial charge in [-0.2, -0.15) is 0 Å². The Labute approximate surface area is 97.1 Å². The molecule has 1 aromatic heterocycles. The van der Waals surface area contributed by atoms with Crippen LogP contribution in [-0.4, -0.2) is 6.21 Å². The predicted octanol–water partition coefficient (Wildman–Crippen LogP) is 4.34. The Hall–Kier alpha value is -1.25. The first-order chi connectivity index (χ1) is 7.25. The molecule has 1 heterocycles. The maximum Gasteiger partial charge on any atom is 0.144 e. The monoisotopic (exact) mass is 239 g/mol. The Bertz CT molecular complexity index is 477. The lowest BCUT2D eigenvalue weighted by Gasteiger charge is -1.97. The number of furan rings is 1. The van der Waals surface area contributed by atoms with Gasteiger partial charge in [-0.05, 0) is 30.3 Å². The minimum absolute atomic E-state index is 0.519. The third kappa shape index (κ3) is 2.61. The molecular formula is C11H7Cl2NO. The average molecular weight is 240 g/mol. The molecule has 0 amide bonds. The zero-order valence-electron chi connectivity index (χ0n) is 7.65. The van der Waals surface area contributed by atoms with Gasteiger partial charge in [-0.3, -0.25) is 4.99 Å². The topological polar surface area (TPSA) is 25.5 Å². The van der Waals surface area contributed by atoms with Crippen LogP contribution in [0.25, 0.3) is 0 Å². The third-order valence-corrected chi connectivity index (χ3v) is 2.32. The molecule has 0 radical (unpaired) electrons. The van der Waals surface area contributed by atoms with Crippen LogP contribution < -0.4 is 0 Å². The van der Waals surface area contributed by atoms with E-state index < -0.39 is 0 Å². The highest BCUT2D eigenvalue weighted by atomic mass is 35.5. The maximum atomic E-state index is 5.94. The van der Waals surface area contributed by atoms with Gasteiger partial charge in [0, 0.05) is 5.02 Å². The van der Waals surface area contributed by atoms with E-state index in [0.717, 1.165) is 0 Å². The number of benzene rings is 1. The molecular weight excluding hydrogens is 233 g/mol. The van der Waals surface area contributed by atoms with Crippen LogP contribution in [0.2, 0.25) is 10.0 Å². The predicted molar refractivity (Wildman–Crippen MR) is 62.4 cm³/mol. The van der Waals surface area contributed by atoms with Crippen molar-refractivity contribution < 1.29 is 4.42 Å². The van der Waals surface area contributed by atoms with Gasteiger partial charge in [-0.25, -0.2) is 0 Å². The first kappa shape index (κ1) is 10.3. The van der Waals surface area contributed by atoms with Gasteiger partial charge in [0.2, 0.25) is 0 Å². The second-order valence-corrected chi connectivity index (χ2v) is 3.71. The van der Waals surface area contributed by atoms with Gasteiger partial charge >= 0.3 is 0 Å². The van der Waals surface area contributed by atoms with E-state index in [-0.39, 0.29) is 0 Å². The van der Waals surface area contributed by atoms with Crippen LogP contribution in [0.1, 0.15) is 5.76 Å². The Balaban J connectivity index is 2.24. The average Bonchev–Trinajstić information content (AvgIpc) is 2.69. The minimum Gasteiger partial charge on any atom is -0.463 e. The van der Waals surface area contributed by atoms with Crippen LogP contribution in [0, 0.1) is 0 Å². The highest BCUT2D eigenvalue weighted by molar-refractivity contribution is 6.36. The molecule has 0 aliphatic carbocycles. The number of aliphatic imine (C=N–C) groups is 1. The summed E-state index contributed by atoms with van der Waals surface area (Å²) in [6.45, 7) is 0. The van der Waals surface area contributed by atoms with E-state index in [4.69, 9.17) is 27.6 Å². The zero-order chi connectivity index (χ0) is 10.7. The van der Waals surface area contributed by atoms with E-state index in [1.165, 1.54) is 0 Å². The molecule has 2 aromatic rings. The molecule has 0 fully saturated rings. The zero-order valence-corrected chi connectivity index (χ0v) is 9.16. The summed E-state index contributed by atoms with van der Waals surface area (Å²) in [7, 11) is 0. The lowest BCUT2D eigenvalue weighted by molar-refractivity contribution is 0.560. The van der Waals surface area contributed by atoms with Crippen molar-refractivity contribution in [3.63, 3.8) is 0 Å². The first-order valence-electron chi connectivity index (χ1n) is 4.28. The standard InChI is InChI=1S/C11H7Cl2NO/c12-8-3-4-11(10(13)6-8)14-7-9-2-1-5-15-9/h1-7H.